The zero-order valence-corrected chi connectivity index (χ0v) is 16.7. The predicted molar refractivity (Wildman–Crippen MR) is 116 cm³/mol. The number of phenols is 1. The number of aromatic hydroxyl groups is 1. The van der Waals surface area contributed by atoms with Crippen molar-refractivity contribution >= 4 is 23.5 Å². The van der Waals surface area contributed by atoms with Crippen molar-refractivity contribution in [2.75, 3.05) is 6.61 Å². The van der Waals surface area contributed by atoms with Crippen LogP contribution in [0.4, 0.5) is 11.4 Å². The topological polar surface area (TPSA) is 95.6 Å². The van der Waals surface area contributed by atoms with Crippen molar-refractivity contribution in [3.63, 3.8) is 0 Å². The molecule has 0 fully saturated rings. The van der Waals surface area contributed by atoms with Crippen molar-refractivity contribution in [2.24, 2.45) is 15.3 Å². The van der Waals surface area contributed by atoms with E-state index in [0.717, 1.165) is 16.8 Å². The number of hydrazone groups is 1. The second-order valence-electron chi connectivity index (χ2n) is 6.58. The molecule has 0 radical (unpaired) electrons. The molecule has 3 rings (SSSR count). The Bertz CT molecular complexity index is 1060. The van der Waals surface area contributed by atoms with Crippen molar-refractivity contribution in [1.29, 1.82) is 0 Å². The second-order valence-corrected chi connectivity index (χ2v) is 6.58. The van der Waals surface area contributed by atoms with Gasteiger partial charge in [-0.3, -0.25) is 4.79 Å². The summed E-state index contributed by atoms with van der Waals surface area (Å²) in [5.41, 5.74) is 5.96. The van der Waals surface area contributed by atoms with Crippen LogP contribution >= 0.6 is 0 Å². The Balaban J connectivity index is 1.59. The summed E-state index contributed by atoms with van der Waals surface area (Å²) in [6, 6.07) is 19.8. The number of aryl methyl sites for hydroxylation is 2. The van der Waals surface area contributed by atoms with Crippen molar-refractivity contribution < 1.29 is 14.6 Å². The average Bonchev–Trinajstić information content (AvgIpc) is 2.74. The van der Waals surface area contributed by atoms with Crippen molar-refractivity contribution in [3.05, 3.63) is 83.4 Å². The SMILES string of the molecule is Cc1cccc(C)c1OCC(=O)NN=Cc1cc(N=Nc2ccccc2)ccc1O. The van der Waals surface area contributed by atoms with Gasteiger partial charge in [-0.25, -0.2) is 5.43 Å². The molecule has 2 N–H and O–H groups in total. The summed E-state index contributed by atoms with van der Waals surface area (Å²) < 4.78 is 5.59. The zero-order chi connectivity index (χ0) is 21.3. The summed E-state index contributed by atoms with van der Waals surface area (Å²) in [5.74, 6) is 0.289. The maximum Gasteiger partial charge on any atom is 0.277 e. The highest BCUT2D eigenvalue weighted by Gasteiger charge is 2.07. The minimum atomic E-state index is -0.409. The van der Waals surface area contributed by atoms with Crippen LogP contribution in [0, 0.1) is 13.8 Å². The summed E-state index contributed by atoms with van der Waals surface area (Å²) in [6.45, 7) is 3.67. The summed E-state index contributed by atoms with van der Waals surface area (Å²) >= 11 is 0. The van der Waals surface area contributed by atoms with Gasteiger partial charge in [0.05, 0.1) is 17.6 Å². The first-order chi connectivity index (χ1) is 14.5. The van der Waals surface area contributed by atoms with Gasteiger partial charge < -0.3 is 9.84 Å². The normalized spacial score (nSPS) is 11.1. The maximum absolute atomic E-state index is 12.0. The van der Waals surface area contributed by atoms with Gasteiger partial charge in [0.25, 0.3) is 5.91 Å². The molecule has 0 spiro atoms. The van der Waals surface area contributed by atoms with Gasteiger partial charge >= 0.3 is 0 Å². The molecule has 7 heteroatoms. The predicted octanol–water partition coefficient (Wildman–Crippen LogP) is 4.95. The van der Waals surface area contributed by atoms with Gasteiger partial charge in [0.15, 0.2) is 6.61 Å². The number of ether oxygens (including phenoxy) is 1. The Hall–Kier alpha value is -4.00. The van der Waals surface area contributed by atoms with Gasteiger partial charge in [-0.1, -0.05) is 36.4 Å². The summed E-state index contributed by atoms with van der Waals surface area (Å²) in [4.78, 5) is 12.0. The number of carbonyl (C=O) groups is 1. The van der Waals surface area contributed by atoms with E-state index in [1.165, 1.54) is 12.3 Å². The zero-order valence-electron chi connectivity index (χ0n) is 16.7. The largest absolute Gasteiger partial charge is 0.507 e. The van der Waals surface area contributed by atoms with Crippen LogP contribution in [0.5, 0.6) is 11.5 Å². The number of carbonyl (C=O) groups excluding carboxylic acids is 1. The van der Waals surface area contributed by atoms with E-state index in [0.29, 0.717) is 17.0 Å². The molecule has 152 valence electrons. The van der Waals surface area contributed by atoms with Crippen molar-refractivity contribution in [2.45, 2.75) is 13.8 Å². The van der Waals surface area contributed by atoms with Crippen LogP contribution in [0.1, 0.15) is 16.7 Å². The second kappa shape index (κ2) is 9.97. The van der Waals surface area contributed by atoms with Gasteiger partial charge in [-0.15, -0.1) is 0 Å². The average molecular weight is 402 g/mol. The minimum Gasteiger partial charge on any atom is -0.507 e. The molecule has 0 aliphatic carbocycles. The monoisotopic (exact) mass is 402 g/mol. The van der Waals surface area contributed by atoms with Crippen molar-refractivity contribution in [3.8, 4) is 11.5 Å². The van der Waals surface area contributed by atoms with E-state index in [1.54, 1.807) is 12.1 Å². The summed E-state index contributed by atoms with van der Waals surface area (Å²) in [5, 5.41) is 22.2. The van der Waals surface area contributed by atoms with E-state index < -0.39 is 5.91 Å². The molecule has 3 aromatic carbocycles. The van der Waals surface area contributed by atoms with Crippen LogP contribution in [-0.4, -0.2) is 23.8 Å². The highest BCUT2D eigenvalue weighted by Crippen LogP contribution is 2.24. The Labute approximate surface area is 174 Å². The number of hydrogen-bond acceptors (Lipinski definition) is 6. The number of phenolic OH excluding ortho intramolecular Hbond substituents is 1. The van der Waals surface area contributed by atoms with E-state index in [1.807, 2.05) is 62.4 Å². The van der Waals surface area contributed by atoms with Crippen LogP contribution in [0.3, 0.4) is 0 Å². The molecule has 0 bridgehead atoms. The third-order valence-electron chi connectivity index (χ3n) is 4.20. The first-order valence-electron chi connectivity index (χ1n) is 9.33. The number of benzene rings is 3. The lowest BCUT2D eigenvalue weighted by molar-refractivity contribution is -0.123. The standard InChI is InChI=1S/C23H22N4O3/c1-16-7-6-8-17(2)23(16)30-15-22(29)27-24-14-18-13-20(11-12-21(18)28)26-25-19-9-4-3-5-10-19/h3-14,28H,15H2,1-2H3,(H,27,29). The van der Waals surface area contributed by atoms with E-state index in [-0.39, 0.29) is 12.4 Å². The Morgan fingerprint density at radius 1 is 0.967 bits per heavy atom. The molecule has 0 heterocycles. The number of nitrogens with zero attached hydrogens (tertiary/aromatic N) is 3. The highest BCUT2D eigenvalue weighted by atomic mass is 16.5. The molecule has 0 aromatic heterocycles. The number of azo groups is 1. The van der Waals surface area contributed by atoms with E-state index in [9.17, 15) is 9.90 Å². The lowest BCUT2D eigenvalue weighted by Gasteiger charge is -2.10. The lowest BCUT2D eigenvalue weighted by Crippen LogP contribution is -2.25. The van der Waals surface area contributed by atoms with Gasteiger partial charge in [0, 0.05) is 5.56 Å². The number of rotatable bonds is 7. The molecule has 0 unspecified atom stereocenters. The first-order valence-corrected chi connectivity index (χ1v) is 9.33. The molecule has 3 aromatic rings. The van der Waals surface area contributed by atoms with E-state index in [4.69, 9.17) is 4.74 Å². The summed E-state index contributed by atoms with van der Waals surface area (Å²) in [7, 11) is 0. The van der Waals surface area contributed by atoms with Crippen molar-refractivity contribution in [1.82, 2.24) is 5.43 Å². The van der Waals surface area contributed by atoms with E-state index >= 15 is 0 Å². The third kappa shape index (κ3) is 5.75. The molecule has 1 amide bonds. The van der Waals surface area contributed by atoms with Gasteiger partial charge in [-0.2, -0.15) is 15.3 Å². The van der Waals surface area contributed by atoms with Crippen LogP contribution in [0.15, 0.2) is 82.1 Å². The number of para-hydroxylation sites is 1. The fraction of sp³-hybridized carbons (Fsp3) is 0.130. The number of hydrogen-bond donors (Lipinski definition) is 2. The maximum atomic E-state index is 12.0. The lowest BCUT2D eigenvalue weighted by atomic mass is 10.1. The Morgan fingerprint density at radius 2 is 1.67 bits per heavy atom. The molecule has 7 nitrogen and oxygen atoms in total. The number of nitrogens with one attached hydrogen (secondary N) is 1. The number of amides is 1. The van der Waals surface area contributed by atoms with Crippen LogP contribution < -0.4 is 10.2 Å². The molecular weight excluding hydrogens is 380 g/mol. The highest BCUT2D eigenvalue weighted by molar-refractivity contribution is 5.86. The fourth-order valence-electron chi connectivity index (χ4n) is 2.69. The Morgan fingerprint density at radius 3 is 2.40 bits per heavy atom. The van der Waals surface area contributed by atoms with Crippen LogP contribution in [-0.2, 0) is 4.79 Å². The molecular formula is C23H22N4O3. The Kier molecular flexibility index (Phi) is 6.89. The van der Waals surface area contributed by atoms with Crippen LogP contribution in [0.25, 0.3) is 0 Å². The quantitative estimate of drug-likeness (QED) is 0.332. The molecule has 0 aliphatic heterocycles. The van der Waals surface area contributed by atoms with Gasteiger partial charge in [0.1, 0.15) is 11.5 Å². The molecule has 0 saturated heterocycles. The van der Waals surface area contributed by atoms with Gasteiger partial charge in [0.2, 0.25) is 0 Å². The first kappa shape index (κ1) is 20.7. The smallest absolute Gasteiger partial charge is 0.277 e. The molecule has 30 heavy (non-hydrogen) atoms. The van der Waals surface area contributed by atoms with E-state index in [2.05, 4.69) is 20.8 Å². The third-order valence-corrected chi connectivity index (χ3v) is 4.20. The fourth-order valence-corrected chi connectivity index (χ4v) is 2.69. The minimum absolute atomic E-state index is 0.0124. The molecule has 0 aliphatic rings. The molecule has 0 saturated carbocycles. The van der Waals surface area contributed by atoms with Crippen LogP contribution in [0.2, 0.25) is 0 Å². The molecule has 0 atom stereocenters. The summed E-state index contributed by atoms with van der Waals surface area (Å²) in [6.07, 6.45) is 1.34. The van der Waals surface area contributed by atoms with Gasteiger partial charge in [-0.05, 0) is 55.3 Å².